The number of rotatable bonds is 1. The van der Waals surface area contributed by atoms with Gasteiger partial charge in [-0.15, -0.1) is 0 Å². The fraction of sp³-hybridized carbons (Fsp3) is 0.857. The maximum Gasteiger partial charge on any atom is 0.418 e. The van der Waals surface area contributed by atoms with Crippen molar-refractivity contribution in [3.8, 4) is 0 Å². The van der Waals surface area contributed by atoms with E-state index in [-0.39, 0.29) is 12.8 Å². The zero-order valence-electron chi connectivity index (χ0n) is 6.64. The second kappa shape index (κ2) is 2.87. The molecular weight excluding hydrogens is 189 g/mol. The molecule has 0 aliphatic heterocycles. The van der Waals surface area contributed by atoms with Crippen LogP contribution in [0.5, 0.6) is 0 Å². The molecule has 1 rings (SSSR count). The molecule has 6 heteroatoms. The van der Waals surface area contributed by atoms with Crippen LogP contribution < -0.4 is 0 Å². The Balaban J connectivity index is 2.95. The number of hydrogen-bond acceptors (Lipinski definition) is 2. The van der Waals surface area contributed by atoms with Gasteiger partial charge in [0.15, 0.2) is 5.60 Å². The predicted molar refractivity (Wildman–Crippen MR) is 36.0 cm³/mol. The van der Waals surface area contributed by atoms with Crippen LogP contribution in [0.1, 0.15) is 19.3 Å². The van der Waals surface area contributed by atoms with E-state index in [1.165, 1.54) is 0 Å². The summed E-state index contributed by atoms with van der Waals surface area (Å²) in [4.78, 5) is 10.4. The topological polar surface area (TPSA) is 57.5 Å². The molecule has 13 heavy (non-hydrogen) atoms. The summed E-state index contributed by atoms with van der Waals surface area (Å²) in [5.41, 5.74) is -3.03. The molecular formula is C7H9F3O3. The minimum Gasteiger partial charge on any atom is -0.481 e. The molecule has 1 aliphatic carbocycles. The lowest BCUT2D eigenvalue weighted by Crippen LogP contribution is -2.50. The standard InChI is InChI=1S/C7H9F3O3/c8-7(9,10)6(13)3-1-2-4(6)5(11)12/h4,13H,1-3H2,(H,11,12). The van der Waals surface area contributed by atoms with E-state index >= 15 is 0 Å². The van der Waals surface area contributed by atoms with Gasteiger partial charge in [0.1, 0.15) is 0 Å². The van der Waals surface area contributed by atoms with Crippen LogP contribution in [0.2, 0.25) is 0 Å². The normalized spacial score (nSPS) is 34.9. The first-order valence-electron chi connectivity index (χ1n) is 3.81. The predicted octanol–water partition coefficient (Wildman–Crippen LogP) is 1.16. The van der Waals surface area contributed by atoms with E-state index in [4.69, 9.17) is 10.2 Å². The summed E-state index contributed by atoms with van der Waals surface area (Å²) >= 11 is 0. The van der Waals surface area contributed by atoms with Crippen molar-refractivity contribution in [2.45, 2.75) is 31.0 Å². The Morgan fingerprint density at radius 1 is 1.46 bits per heavy atom. The molecule has 0 aromatic carbocycles. The van der Waals surface area contributed by atoms with E-state index in [0.29, 0.717) is 0 Å². The van der Waals surface area contributed by atoms with Crippen LogP contribution >= 0.6 is 0 Å². The molecule has 0 spiro atoms. The van der Waals surface area contributed by atoms with Gasteiger partial charge in [0.25, 0.3) is 0 Å². The maximum absolute atomic E-state index is 12.2. The van der Waals surface area contributed by atoms with Crippen LogP contribution in [0.4, 0.5) is 13.2 Å². The van der Waals surface area contributed by atoms with Crippen LogP contribution in [0, 0.1) is 5.92 Å². The maximum atomic E-state index is 12.2. The third-order valence-corrected chi connectivity index (χ3v) is 2.42. The first kappa shape index (κ1) is 10.3. The SMILES string of the molecule is O=C(O)C1CCCC1(O)C(F)(F)F. The monoisotopic (exact) mass is 198 g/mol. The fourth-order valence-electron chi connectivity index (χ4n) is 1.66. The average molecular weight is 198 g/mol. The Labute approximate surface area is 72.2 Å². The van der Waals surface area contributed by atoms with Crippen molar-refractivity contribution >= 4 is 5.97 Å². The molecule has 0 radical (unpaired) electrons. The van der Waals surface area contributed by atoms with Gasteiger partial charge < -0.3 is 10.2 Å². The molecule has 3 nitrogen and oxygen atoms in total. The molecule has 2 unspecified atom stereocenters. The highest BCUT2D eigenvalue weighted by atomic mass is 19.4. The zero-order chi connectivity index (χ0) is 10.3. The lowest BCUT2D eigenvalue weighted by atomic mass is 9.90. The Kier molecular flexibility index (Phi) is 2.27. The molecule has 0 bridgehead atoms. The van der Waals surface area contributed by atoms with Gasteiger partial charge in [-0.25, -0.2) is 0 Å². The Morgan fingerprint density at radius 3 is 2.31 bits per heavy atom. The van der Waals surface area contributed by atoms with E-state index < -0.39 is 30.1 Å². The highest BCUT2D eigenvalue weighted by molar-refractivity contribution is 5.72. The summed E-state index contributed by atoms with van der Waals surface area (Å²) in [7, 11) is 0. The molecule has 76 valence electrons. The molecule has 0 aromatic rings. The molecule has 1 aliphatic rings. The van der Waals surface area contributed by atoms with E-state index in [0.717, 1.165) is 0 Å². The number of carboxylic acid groups (broad SMARTS) is 1. The number of aliphatic hydroxyl groups is 1. The fourth-order valence-corrected chi connectivity index (χ4v) is 1.66. The van der Waals surface area contributed by atoms with Gasteiger partial charge in [0.05, 0.1) is 5.92 Å². The van der Waals surface area contributed by atoms with E-state index in [1.807, 2.05) is 0 Å². The zero-order valence-corrected chi connectivity index (χ0v) is 6.64. The van der Waals surface area contributed by atoms with Gasteiger partial charge in [-0.05, 0) is 19.3 Å². The first-order valence-corrected chi connectivity index (χ1v) is 3.81. The lowest BCUT2D eigenvalue weighted by Gasteiger charge is -2.29. The Bertz CT molecular complexity index is 226. The third kappa shape index (κ3) is 1.50. The summed E-state index contributed by atoms with van der Waals surface area (Å²) in [6, 6.07) is 0. The van der Waals surface area contributed by atoms with Gasteiger partial charge >= 0.3 is 12.1 Å². The van der Waals surface area contributed by atoms with Crippen molar-refractivity contribution in [2.75, 3.05) is 0 Å². The molecule has 0 amide bonds. The number of carboxylic acids is 1. The molecule has 0 aromatic heterocycles. The van der Waals surface area contributed by atoms with Crippen LogP contribution in [-0.2, 0) is 4.79 Å². The number of aliphatic carboxylic acids is 1. The number of halogens is 3. The number of alkyl halides is 3. The van der Waals surface area contributed by atoms with Gasteiger partial charge in [-0.2, -0.15) is 13.2 Å². The van der Waals surface area contributed by atoms with Gasteiger partial charge in [-0.3, -0.25) is 4.79 Å². The number of carbonyl (C=O) groups is 1. The van der Waals surface area contributed by atoms with Crippen molar-refractivity contribution in [2.24, 2.45) is 5.92 Å². The summed E-state index contributed by atoms with van der Waals surface area (Å²) in [6.07, 6.45) is -5.40. The van der Waals surface area contributed by atoms with E-state index in [1.54, 1.807) is 0 Å². The molecule has 0 heterocycles. The minimum absolute atomic E-state index is 0.0903. The van der Waals surface area contributed by atoms with Crippen LogP contribution in [-0.4, -0.2) is 28.0 Å². The highest BCUT2D eigenvalue weighted by Gasteiger charge is 2.62. The van der Waals surface area contributed by atoms with Gasteiger partial charge in [0, 0.05) is 0 Å². The second-order valence-corrected chi connectivity index (χ2v) is 3.21. The molecule has 0 saturated heterocycles. The van der Waals surface area contributed by atoms with Crippen LogP contribution in [0.15, 0.2) is 0 Å². The van der Waals surface area contributed by atoms with Crippen LogP contribution in [0.3, 0.4) is 0 Å². The molecule has 1 saturated carbocycles. The smallest absolute Gasteiger partial charge is 0.418 e. The van der Waals surface area contributed by atoms with Crippen molar-refractivity contribution < 1.29 is 28.2 Å². The summed E-state index contributed by atoms with van der Waals surface area (Å²) in [5.74, 6) is -3.30. The van der Waals surface area contributed by atoms with Crippen molar-refractivity contribution in [1.82, 2.24) is 0 Å². The van der Waals surface area contributed by atoms with Crippen molar-refractivity contribution in [1.29, 1.82) is 0 Å². The van der Waals surface area contributed by atoms with Gasteiger partial charge in [0.2, 0.25) is 0 Å². The first-order chi connectivity index (χ1) is 5.79. The summed E-state index contributed by atoms with van der Waals surface area (Å²) < 4.78 is 36.7. The minimum atomic E-state index is -4.85. The average Bonchev–Trinajstić information content (AvgIpc) is 2.30. The molecule has 1 fully saturated rings. The lowest BCUT2D eigenvalue weighted by molar-refractivity contribution is -0.272. The molecule has 2 N–H and O–H groups in total. The Hall–Kier alpha value is -0.780. The van der Waals surface area contributed by atoms with E-state index in [2.05, 4.69) is 0 Å². The molecule has 2 atom stereocenters. The highest BCUT2D eigenvalue weighted by Crippen LogP contribution is 2.46. The summed E-state index contributed by atoms with van der Waals surface area (Å²) in [6.45, 7) is 0. The van der Waals surface area contributed by atoms with Crippen molar-refractivity contribution in [3.63, 3.8) is 0 Å². The van der Waals surface area contributed by atoms with Crippen molar-refractivity contribution in [3.05, 3.63) is 0 Å². The second-order valence-electron chi connectivity index (χ2n) is 3.21. The third-order valence-electron chi connectivity index (χ3n) is 2.42. The van der Waals surface area contributed by atoms with Gasteiger partial charge in [-0.1, -0.05) is 0 Å². The quantitative estimate of drug-likeness (QED) is 0.664. The number of hydrogen-bond donors (Lipinski definition) is 2. The largest absolute Gasteiger partial charge is 0.481 e. The summed E-state index contributed by atoms with van der Waals surface area (Å²) in [5, 5.41) is 17.6. The van der Waals surface area contributed by atoms with E-state index in [9.17, 15) is 18.0 Å². The Morgan fingerprint density at radius 2 is 2.00 bits per heavy atom. The van der Waals surface area contributed by atoms with Crippen LogP contribution in [0.25, 0.3) is 0 Å².